The second kappa shape index (κ2) is 5.29. The normalized spacial score (nSPS) is 10.2. The summed E-state index contributed by atoms with van der Waals surface area (Å²) >= 11 is 11.5. The van der Waals surface area contributed by atoms with E-state index in [2.05, 4.69) is 15.5 Å². The number of phenolic OH excluding ortho intramolecular Hbond substituents is 1. The Morgan fingerprint density at radius 3 is 2.68 bits per heavy atom. The second-order valence-electron chi connectivity index (χ2n) is 3.54. The summed E-state index contributed by atoms with van der Waals surface area (Å²) in [4.78, 5) is 22.6. The number of aromatic nitrogens is 2. The highest BCUT2D eigenvalue weighted by Crippen LogP contribution is 2.35. The van der Waals surface area contributed by atoms with Crippen molar-refractivity contribution in [2.45, 2.75) is 0 Å². The highest BCUT2D eigenvalue weighted by molar-refractivity contribution is 6.36. The summed E-state index contributed by atoms with van der Waals surface area (Å²) in [6.07, 6.45) is 0. The highest BCUT2D eigenvalue weighted by atomic mass is 35.5. The number of H-pyrrole nitrogens is 1. The average molecular weight is 300 g/mol. The molecule has 1 amide bonds. The first-order valence-electron chi connectivity index (χ1n) is 5.02. The number of carbonyl (C=O) groups is 1. The molecular formula is C11H7Cl2N3O3. The van der Waals surface area contributed by atoms with Gasteiger partial charge in [-0.15, -0.1) is 0 Å². The third kappa shape index (κ3) is 3.04. The first-order valence-corrected chi connectivity index (χ1v) is 5.78. The summed E-state index contributed by atoms with van der Waals surface area (Å²) in [6, 6.07) is 5.09. The van der Waals surface area contributed by atoms with Crippen molar-refractivity contribution in [1.82, 2.24) is 10.2 Å². The molecule has 0 fully saturated rings. The Balaban J connectivity index is 2.29. The number of amides is 1. The van der Waals surface area contributed by atoms with E-state index in [1.54, 1.807) is 0 Å². The highest BCUT2D eigenvalue weighted by Gasteiger charge is 2.13. The number of anilines is 1. The van der Waals surface area contributed by atoms with Gasteiger partial charge >= 0.3 is 0 Å². The molecule has 0 saturated heterocycles. The van der Waals surface area contributed by atoms with E-state index in [-0.39, 0.29) is 27.2 Å². The first kappa shape index (κ1) is 13.4. The Hall–Kier alpha value is -2.05. The van der Waals surface area contributed by atoms with Gasteiger partial charge in [0.25, 0.3) is 11.5 Å². The number of benzene rings is 1. The first-order chi connectivity index (χ1) is 8.97. The van der Waals surface area contributed by atoms with Crippen LogP contribution in [-0.2, 0) is 0 Å². The Morgan fingerprint density at radius 2 is 2.05 bits per heavy atom. The molecule has 98 valence electrons. The molecule has 0 aliphatic carbocycles. The quantitative estimate of drug-likeness (QED) is 0.740. The van der Waals surface area contributed by atoms with Crippen LogP contribution in [0.15, 0.2) is 29.1 Å². The molecule has 1 heterocycles. The van der Waals surface area contributed by atoms with Crippen molar-refractivity contribution in [3.63, 3.8) is 0 Å². The molecule has 6 nitrogen and oxygen atoms in total. The third-order valence-electron chi connectivity index (χ3n) is 2.19. The smallest absolute Gasteiger partial charge is 0.276 e. The van der Waals surface area contributed by atoms with E-state index in [1.165, 1.54) is 18.2 Å². The van der Waals surface area contributed by atoms with Gasteiger partial charge < -0.3 is 10.4 Å². The zero-order valence-electron chi connectivity index (χ0n) is 9.28. The fourth-order valence-electron chi connectivity index (χ4n) is 1.32. The lowest BCUT2D eigenvalue weighted by Crippen LogP contribution is -2.17. The largest absolute Gasteiger partial charge is 0.504 e. The minimum absolute atomic E-state index is 0.0113. The van der Waals surface area contributed by atoms with E-state index >= 15 is 0 Å². The van der Waals surface area contributed by atoms with Crippen LogP contribution in [0.5, 0.6) is 5.75 Å². The summed E-state index contributed by atoms with van der Waals surface area (Å²) in [5, 5.41) is 18.0. The lowest BCUT2D eigenvalue weighted by molar-refractivity contribution is 0.102. The van der Waals surface area contributed by atoms with Crippen LogP contribution in [0.3, 0.4) is 0 Å². The van der Waals surface area contributed by atoms with Gasteiger partial charge in [-0.05, 0) is 18.2 Å². The van der Waals surface area contributed by atoms with E-state index in [0.717, 1.165) is 6.07 Å². The minimum atomic E-state index is -0.620. The molecule has 19 heavy (non-hydrogen) atoms. The van der Waals surface area contributed by atoms with E-state index in [1.807, 2.05) is 0 Å². The predicted octanol–water partition coefficient (Wildman–Crippen LogP) is 2.03. The summed E-state index contributed by atoms with van der Waals surface area (Å²) < 4.78 is 0. The monoisotopic (exact) mass is 299 g/mol. The number of aromatic hydroxyl groups is 1. The summed E-state index contributed by atoms with van der Waals surface area (Å²) in [7, 11) is 0. The van der Waals surface area contributed by atoms with Crippen molar-refractivity contribution < 1.29 is 9.90 Å². The van der Waals surface area contributed by atoms with Gasteiger partial charge in [0.15, 0.2) is 5.75 Å². The molecule has 8 heteroatoms. The maximum Gasteiger partial charge on any atom is 0.276 e. The third-order valence-corrected chi connectivity index (χ3v) is 2.69. The molecule has 0 unspecified atom stereocenters. The molecule has 0 radical (unpaired) electrons. The van der Waals surface area contributed by atoms with Gasteiger partial charge in [-0.3, -0.25) is 9.59 Å². The average Bonchev–Trinajstić information content (AvgIpc) is 2.36. The van der Waals surface area contributed by atoms with Crippen LogP contribution in [0.2, 0.25) is 10.0 Å². The van der Waals surface area contributed by atoms with Crippen LogP contribution in [-0.4, -0.2) is 21.2 Å². The van der Waals surface area contributed by atoms with Gasteiger partial charge in [-0.2, -0.15) is 5.10 Å². The number of aromatic amines is 1. The van der Waals surface area contributed by atoms with Crippen LogP contribution in [0.1, 0.15) is 10.5 Å². The van der Waals surface area contributed by atoms with Gasteiger partial charge in [0.2, 0.25) is 0 Å². The van der Waals surface area contributed by atoms with Gasteiger partial charge in [0.05, 0.1) is 10.7 Å². The van der Waals surface area contributed by atoms with Gasteiger partial charge in [-0.1, -0.05) is 23.2 Å². The fraction of sp³-hybridized carbons (Fsp3) is 0. The summed E-state index contributed by atoms with van der Waals surface area (Å²) in [5.74, 6) is -0.922. The maximum absolute atomic E-state index is 11.8. The molecular weight excluding hydrogens is 293 g/mol. The summed E-state index contributed by atoms with van der Waals surface area (Å²) in [6.45, 7) is 0. The molecule has 2 rings (SSSR count). The number of phenols is 1. The van der Waals surface area contributed by atoms with Crippen molar-refractivity contribution in [1.29, 1.82) is 0 Å². The van der Waals surface area contributed by atoms with Crippen LogP contribution in [0.4, 0.5) is 5.69 Å². The molecule has 3 N–H and O–H groups in total. The zero-order chi connectivity index (χ0) is 14.0. The van der Waals surface area contributed by atoms with E-state index in [9.17, 15) is 14.7 Å². The Labute approximate surface area is 117 Å². The number of carbonyl (C=O) groups excluding carboxylic acids is 1. The Morgan fingerprint density at radius 1 is 1.32 bits per heavy atom. The lowest BCUT2D eigenvalue weighted by atomic mass is 10.2. The zero-order valence-corrected chi connectivity index (χ0v) is 10.8. The molecule has 0 atom stereocenters. The Bertz CT molecular complexity index is 680. The fourth-order valence-corrected chi connectivity index (χ4v) is 1.81. The van der Waals surface area contributed by atoms with Crippen LogP contribution in [0.25, 0.3) is 0 Å². The molecule has 0 spiro atoms. The van der Waals surface area contributed by atoms with Crippen molar-refractivity contribution in [3.05, 3.63) is 50.4 Å². The van der Waals surface area contributed by atoms with Crippen LogP contribution >= 0.6 is 23.2 Å². The molecule has 0 saturated carbocycles. The SMILES string of the molecule is O=C(Nc1cc(Cl)cc(Cl)c1O)c1ccc(=O)[nH]n1. The molecule has 1 aromatic carbocycles. The van der Waals surface area contributed by atoms with Gasteiger partial charge in [0.1, 0.15) is 5.69 Å². The molecule has 0 aliphatic rings. The van der Waals surface area contributed by atoms with Crippen molar-refractivity contribution >= 4 is 34.8 Å². The van der Waals surface area contributed by atoms with Gasteiger partial charge in [0, 0.05) is 11.1 Å². The predicted molar refractivity (Wildman–Crippen MR) is 70.9 cm³/mol. The number of halogens is 2. The lowest BCUT2D eigenvalue weighted by Gasteiger charge is -2.08. The van der Waals surface area contributed by atoms with Gasteiger partial charge in [-0.25, -0.2) is 5.10 Å². The minimum Gasteiger partial charge on any atom is -0.504 e. The molecule has 0 bridgehead atoms. The standard InChI is InChI=1S/C11H7Cl2N3O3/c12-5-3-6(13)10(18)8(4-5)14-11(19)7-1-2-9(17)16-15-7/h1-4,18H,(H,14,19)(H,16,17). The number of nitrogens with zero attached hydrogens (tertiary/aromatic N) is 1. The summed E-state index contributed by atoms with van der Waals surface area (Å²) in [5.41, 5.74) is -0.393. The van der Waals surface area contributed by atoms with Crippen LogP contribution < -0.4 is 10.9 Å². The van der Waals surface area contributed by atoms with Crippen molar-refractivity contribution in [2.75, 3.05) is 5.32 Å². The topological polar surface area (TPSA) is 95.1 Å². The van der Waals surface area contributed by atoms with E-state index in [4.69, 9.17) is 23.2 Å². The molecule has 2 aromatic rings. The maximum atomic E-state index is 11.8. The van der Waals surface area contributed by atoms with Crippen molar-refractivity contribution in [2.24, 2.45) is 0 Å². The number of hydrogen-bond acceptors (Lipinski definition) is 4. The van der Waals surface area contributed by atoms with Crippen molar-refractivity contribution in [3.8, 4) is 5.75 Å². The number of hydrogen-bond donors (Lipinski definition) is 3. The van der Waals surface area contributed by atoms with Crippen LogP contribution in [0, 0.1) is 0 Å². The second-order valence-corrected chi connectivity index (χ2v) is 4.39. The Kier molecular flexibility index (Phi) is 3.73. The number of rotatable bonds is 2. The number of nitrogens with one attached hydrogen (secondary N) is 2. The van der Waals surface area contributed by atoms with E-state index in [0.29, 0.717) is 0 Å². The molecule has 0 aliphatic heterocycles. The molecule has 1 aromatic heterocycles. The van der Waals surface area contributed by atoms with E-state index < -0.39 is 11.5 Å².